The summed E-state index contributed by atoms with van der Waals surface area (Å²) in [6, 6.07) is 7.12. The van der Waals surface area contributed by atoms with Crippen molar-refractivity contribution in [1.29, 1.82) is 0 Å². The van der Waals surface area contributed by atoms with E-state index < -0.39 is 0 Å². The van der Waals surface area contributed by atoms with Gasteiger partial charge in [0.25, 0.3) is 0 Å². The second-order valence-electron chi connectivity index (χ2n) is 4.93. The third kappa shape index (κ3) is 3.54. The van der Waals surface area contributed by atoms with Gasteiger partial charge >= 0.3 is 0 Å². The number of benzene rings is 1. The van der Waals surface area contributed by atoms with Crippen LogP contribution in [0, 0.1) is 5.41 Å². The summed E-state index contributed by atoms with van der Waals surface area (Å²) in [5.74, 6) is -0.0993. The van der Waals surface area contributed by atoms with Gasteiger partial charge < -0.3 is 16.2 Å². The molecule has 1 atom stereocenters. The van der Waals surface area contributed by atoms with Crippen molar-refractivity contribution in [3.05, 3.63) is 29.8 Å². The average Bonchev–Trinajstić information content (AvgIpc) is 2.28. The molecule has 0 aliphatic heterocycles. The molecular formula is C13H20N2O2. The number of aliphatic hydroxyl groups is 1. The molecule has 0 aromatic heterocycles. The monoisotopic (exact) mass is 236 g/mol. The molecule has 0 saturated carbocycles. The maximum absolute atomic E-state index is 10.9. The Bertz CT molecular complexity index is 385. The molecule has 94 valence electrons. The lowest BCUT2D eigenvalue weighted by Gasteiger charge is -2.29. The molecule has 0 aliphatic rings. The molecule has 0 spiro atoms. The van der Waals surface area contributed by atoms with Crippen molar-refractivity contribution in [3.8, 4) is 0 Å². The highest BCUT2D eigenvalue weighted by atomic mass is 16.3. The largest absolute Gasteiger partial charge is 0.396 e. The lowest BCUT2D eigenvalue weighted by atomic mass is 9.82. The maximum Gasteiger partial charge on any atom is 0.221 e. The first kappa shape index (κ1) is 13.7. The summed E-state index contributed by atoms with van der Waals surface area (Å²) in [4.78, 5) is 10.9. The van der Waals surface area contributed by atoms with E-state index >= 15 is 0 Å². The number of nitrogens with one attached hydrogen (secondary N) is 1. The van der Waals surface area contributed by atoms with Crippen molar-refractivity contribution in [1.82, 2.24) is 0 Å². The minimum atomic E-state index is -0.366. The second-order valence-corrected chi connectivity index (χ2v) is 4.93. The molecule has 4 N–H and O–H groups in total. The van der Waals surface area contributed by atoms with E-state index in [2.05, 4.69) is 5.32 Å². The van der Waals surface area contributed by atoms with Crippen molar-refractivity contribution in [2.24, 2.45) is 11.1 Å². The van der Waals surface area contributed by atoms with Crippen LogP contribution >= 0.6 is 0 Å². The molecular weight excluding hydrogens is 216 g/mol. The van der Waals surface area contributed by atoms with E-state index in [0.717, 1.165) is 11.3 Å². The lowest BCUT2D eigenvalue weighted by Crippen LogP contribution is -2.32. The van der Waals surface area contributed by atoms with E-state index in [9.17, 15) is 9.90 Å². The molecule has 1 aromatic rings. The van der Waals surface area contributed by atoms with Crippen LogP contribution in [-0.4, -0.2) is 17.6 Å². The summed E-state index contributed by atoms with van der Waals surface area (Å²) in [5, 5.41) is 12.0. The van der Waals surface area contributed by atoms with Crippen LogP contribution < -0.4 is 11.1 Å². The fourth-order valence-electron chi connectivity index (χ4n) is 1.53. The third-order valence-corrected chi connectivity index (χ3v) is 2.84. The molecule has 4 heteroatoms. The number of amides is 1. The first-order valence-corrected chi connectivity index (χ1v) is 5.61. The number of carbonyl (C=O) groups is 1. The Morgan fingerprint density at radius 1 is 1.41 bits per heavy atom. The molecule has 1 rings (SSSR count). The molecule has 0 aliphatic carbocycles. The van der Waals surface area contributed by atoms with E-state index in [1.807, 2.05) is 38.1 Å². The molecule has 0 heterocycles. The summed E-state index contributed by atoms with van der Waals surface area (Å²) < 4.78 is 0. The Kier molecular flexibility index (Phi) is 4.26. The standard InChI is InChI=1S/C13H20N2O2/c1-9(17)15-11-6-4-10(5-7-11)12(14)13(2,3)8-16/h4-7,12,16H,8,14H2,1-3H3,(H,15,17)/t12-/m1/s1. The van der Waals surface area contributed by atoms with Gasteiger partial charge in [-0.25, -0.2) is 0 Å². The number of hydrogen-bond acceptors (Lipinski definition) is 3. The van der Waals surface area contributed by atoms with Crippen LogP contribution in [0.2, 0.25) is 0 Å². The summed E-state index contributed by atoms with van der Waals surface area (Å²) >= 11 is 0. The maximum atomic E-state index is 10.9. The number of hydrogen-bond donors (Lipinski definition) is 3. The van der Waals surface area contributed by atoms with Gasteiger partial charge in [0.15, 0.2) is 0 Å². The van der Waals surface area contributed by atoms with Gasteiger partial charge in [0.2, 0.25) is 5.91 Å². The van der Waals surface area contributed by atoms with E-state index in [4.69, 9.17) is 5.73 Å². The van der Waals surface area contributed by atoms with E-state index in [1.54, 1.807) is 0 Å². The van der Waals surface area contributed by atoms with Gasteiger partial charge in [0.1, 0.15) is 0 Å². The first-order chi connectivity index (χ1) is 7.86. The first-order valence-electron chi connectivity index (χ1n) is 5.61. The van der Waals surface area contributed by atoms with Gasteiger partial charge in [-0.1, -0.05) is 26.0 Å². The fourth-order valence-corrected chi connectivity index (χ4v) is 1.53. The second kappa shape index (κ2) is 5.29. The van der Waals surface area contributed by atoms with Gasteiger partial charge in [-0.15, -0.1) is 0 Å². The lowest BCUT2D eigenvalue weighted by molar-refractivity contribution is -0.114. The van der Waals surface area contributed by atoms with Crippen molar-refractivity contribution in [3.63, 3.8) is 0 Å². The van der Waals surface area contributed by atoms with Crippen LogP contribution in [0.3, 0.4) is 0 Å². The van der Waals surface area contributed by atoms with E-state index in [-0.39, 0.29) is 24.0 Å². The van der Waals surface area contributed by atoms with Crippen molar-refractivity contribution in [2.45, 2.75) is 26.8 Å². The van der Waals surface area contributed by atoms with Crippen LogP contribution in [-0.2, 0) is 4.79 Å². The van der Waals surface area contributed by atoms with Crippen LogP contribution in [0.25, 0.3) is 0 Å². The number of nitrogens with two attached hydrogens (primary N) is 1. The van der Waals surface area contributed by atoms with Crippen LogP contribution in [0.15, 0.2) is 24.3 Å². The Hall–Kier alpha value is -1.39. The Morgan fingerprint density at radius 2 is 1.94 bits per heavy atom. The Balaban J connectivity index is 2.84. The zero-order valence-electron chi connectivity index (χ0n) is 10.5. The normalized spacial score (nSPS) is 13.2. The zero-order valence-corrected chi connectivity index (χ0v) is 10.5. The topological polar surface area (TPSA) is 75.4 Å². The summed E-state index contributed by atoms with van der Waals surface area (Å²) in [6.07, 6.45) is 0. The van der Waals surface area contributed by atoms with E-state index in [0.29, 0.717) is 0 Å². The van der Waals surface area contributed by atoms with Gasteiger partial charge in [-0.2, -0.15) is 0 Å². The van der Waals surface area contributed by atoms with Crippen LogP contribution in [0.1, 0.15) is 32.4 Å². The average molecular weight is 236 g/mol. The summed E-state index contributed by atoms with van der Waals surface area (Å²) in [6.45, 7) is 5.33. The molecule has 1 amide bonds. The molecule has 0 saturated heterocycles. The minimum absolute atomic E-state index is 0.0294. The highest BCUT2D eigenvalue weighted by Crippen LogP contribution is 2.30. The fraction of sp³-hybridized carbons (Fsp3) is 0.462. The van der Waals surface area contributed by atoms with Crippen molar-refractivity contribution >= 4 is 11.6 Å². The third-order valence-electron chi connectivity index (χ3n) is 2.84. The van der Waals surface area contributed by atoms with Gasteiger partial charge in [-0.3, -0.25) is 4.79 Å². The summed E-state index contributed by atoms with van der Waals surface area (Å²) in [7, 11) is 0. The smallest absolute Gasteiger partial charge is 0.221 e. The number of anilines is 1. The van der Waals surface area contributed by atoms with Gasteiger partial charge in [0, 0.05) is 30.7 Å². The van der Waals surface area contributed by atoms with E-state index in [1.165, 1.54) is 6.92 Å². The van der Waals surface area contributed by atoms with Crippen LogP contribution in [0.5, 0.6) is 0 Å². The van der Waals surface area contributed by atoms with Gasteiger partial charge in [-0.05, 0) is 17.7 Å². The SMILES string of the molecule is CC(=O)Nc1ccc([C@@H](N)C(C)(C)CO)cc1. The molecule has 17 heavy (non-hydrogen) atoms. The quantitative estimate of drug-likeness (QED) is 0.744. The predicted octanol–water partition coefficient (Wildman–Crippen LogP) is 1.66. The number of rotatable bonds is 4. The van der Waals surface area contributed by atoms with Crippen LogP contribution in [0.4, 0.5) is 5.69 Å². The number of aliphatic hydroxyl groups excluding tert-OH is 1. The van der Waals surface area contributed by atoms with Crippen molar-refractivity contribution in [2.75, 3.05) is 11.9 Å². The van der Waals surface area contributed by atoms with Crippen molar-refractivity contribution < 1.29 is 9.90 Å². The van der Waals surface area contributed by atoms with Gasteiger partial charge in [0.05, 0.1) is 0 Å². The molecule has 0 bridgehead atoms. The Morgan fingerprint density at radius 3 is 2.35 bits per heavy atom. The predicted molar refractivity (Wildman–Crippen MR) is 68.5 cm³/mol. The number of carbonyl (C=O) groups excluding carboxylic acids is 1. The zero-order chi connectivity index (χ0) is 13.1. The summed E-state index contributed by atoms with van der Waals surface area (Å²) in [5.41, 5.74) is 7.41. The molecule has 1 aromatic carbocycles. The molecule has 0 fully saturated rings. The Labute approximate surface area is 102 Å². The molecule has 0 unspecified atom stereocenters. The highest BCUT2D eigenvalue weighted by Gasteiger charge is 2.26. The minimum Gasteiger partial charge on any atom is -0.396 e. The highest BCUT2D eigenvalue weighted by molar-refractivity contribution is 5.88. The molecule has 4 nitrogen and oxygen atoms in total. The molecule has 0 radical (unpaired) electrons.